The molecule has 22 heavy (non-hydrogen) atoms. The molecule has 4 nitrogen and oxygen atoms in total. The summed E-state index contributed by atoms with van der Waals surface area (Å²) in [5.74, 6) is -0.406. The molecule has 0 heterocycles. The number of carbonyl (C=O) groups excluding carboxylic acids is 1. The van der Waals surface area contributed by atoms with E-state index in [1.807, 2.05) is 0 Å². The van der Waals surface area contributed by atoms with Gasteiger partial charge in [0.25, 0.3) is 0 Å². The molecule has 3 N–H and O–H groups in total. The van der Waals surface area contributed by atoms with E-state index in [1.165, 1.54) is 18.2 Å². The quantitative estimate of drug-likeness (QED) is 0.802. The molecule has 0 aliphatic heterocycles. The highest BCUT2D eigenvalue weighted by molar-refractivity contribution is 5.85. The lowest BCUT2D eigenvalue weighted by Gasteiger charge is -2.13. The zero-order valence-corrected chi connectivity index (χ0v) is 13.0. The van der Waals surface area contributed by atoms with Gasteiger partial charge in [-0.25, -0.2) is 0 Å². The maximum Gasteiger partial charge on any atom is 0.573 e. The predicted octanol–water partition coefficient (Wildman–Crippen LogP) is 2.79. The largest absolute Gasteiger partial charge is 0.573 e. The van der Waals surface area contributed by atoms with E-state index >= 15 is 0 Å². The van der Waals surface area contributed by atoms with Gasteiger partial charge in [0.1, 0.15) is 5.75 Å². The second kappa shape index (κ2) is 9.53. The Balaban J connectivity index is 0.00000441. The smallest absolute Gasteiger partial charge is 0.406 e. The Bertz CT molecular complexity index is 468. The zero-order valence-electron chi connectivity index (χ0n) is 12.2. The normalized spacial score (nSPS) is 12.2. The lowest BCUT2D eigenvalue weighted by Crippen LogP contribution is -2.27. The van der Waals surface area contributed by atoms with Crippen LogP contribution in [0.15, 0.2) is 24.3 Å². The van der Waals surface area contributed by atoms with Gasteiger partial charge in [-0.1, -0.05) is 18.2 Å². The number of benzene rings is 1. The van der Waals surface area contributed by atoms with Crippen LogP contribution in [0.3, 0.4) is 0 Å². The summed E-state index contributed by atoms with van der Waals surface area (Å²) in [5.41, 5.74) is 5.93. The monoisotopic (exact) mass is 340 g/mol. The number of carbonyl (C=O) groups is 1. The summed E-state index contributed by atoms with van der Waals surface area (Å²) < 4.78 is 40.7. The van der Waals surface area contributed by atoms with Crippen LogP contribution in [-0.2, 0) is 11.2 Å². The zero-order chi connectivity index (χ0) is 15.9. The van der Waals surface area contributed by atoms with Gasteiger partial charge in [-0.15, -0.1) is 25.6 Å². The van der Waals surface area contributed by atoms with Gasteiger partial charge < -0.3 is 15.8 Å². The number of ether oxygens (including phenoxy) is 1. The number of hydrogen-bond donors (Lipinski definition) is 2. The van der Waals surface area contributed by atoms with E-state index in [0.717, 1.165) is 0 Å². The van der Waals surface area contributed by atoms with Crippen molar-refractivity contribution in [3.8, 4) is 5.75 Å². The molecule has 0 radical (unpaired) electrons. The molecular weight excluding hydrogens is 321 g/mol. The second-order valence-electron chi connectivity index (χ2n) is 4.77. The molecule has 0 fully saturated rings. The highest BCUT2D eigenvalue weighted by Crippen LogP contribution is 2.26. The number of alkyl halides is 3. The average Bonchev–Trinajstić information content (AvgIpc) is 2.36. The molecule has 0 aliphatic carbocycles. The van der Waals surface area contributed by atoms with Crippen molar-refractivity contribution in [2.45, 2.75) is 38.6 Å². The standard InChI is InChI=1S/C14H19F3N2O2.ClH/c1-10(18)6-7-13(20)19-9-8-11-4-2-3-5-12(11)21-14(15,16)17;/h2-5,10H,6-9,18H2,1H3,(H,19,20);1H. The Labute approximate surface area is 133 Å². The summed E-state index contributed by atoms with van der Waals surface area (Å²) >= 11 is 0. The molecule has 1 unspecified atom stereocenters. The van der Waals surface area contributed by atoms with Crippen LogP contribution in [0.1, 0.15) is 25.3 Å². The van der Waals surface area contributed by atoms with Gasteiger partial charge in [-0.05, 0) is 31.4 Å². The van der Waals surface area contributed by atoms with E-state index < -0.39 is 6.36 Å². The van der Waals surface area contributed by atoms with Gasteiger partial charge >= 0.3 is 6.36 Å². The predicted molar refractivity (Wildman–Crippen MR) is 80.0 cm³/mol. The fraction of sp³-hybridized carbons (Fsp3) is 0.500. The van der Waals surface area contributed by atoms with Crippen molar-refractivity contribution in [1.82, 2.24) is 5.32 Å². The summed E-state index contributed by atoms with van der Waals surface area (Å²) in [5, 5.41) is 2.65. The van der Waals surface area contributed by atoms with Crippen molar-refractivity contribution in [1.29, 1.82) is 0 Å². The molecule has 126 valence electrons. The molecular formula is C14H20ClF3N2O2. The van der Waals surface area contributed by atoms with Gasteiger partial charge in [-0.2, -0.15) is 0 Å². The van der Waals surface area contributed by atoms with Crippen LogP contribution < -0.4 is 15.8 Å². The Morgan fingerprint density at radius 2 is 2.00 bits per heavy atom. The molecule has 0 bridgehead atoms. The first-order chi connectivity index (χ1) is 9.78. The third-order valence-corrected chi connectivity index (χ3v) is 2.74. The molecule has 0 saturated carbocycles. The van der Waals surface area contributed by atoms with Crippen LogP contribution in [-0.4, -0.2) is 24.9 Å². The lowest BCUT2D eigenvalue weighted by atomic mass is 10.1. The Hall–Kier alpha value is -1.47. The minimum absolute atomic E-state index is 0. The fourth-order valence-corrected chi connectivity index (χ4v) is 1.72. The highest BCUT2D eigenvalue weighted by Gasteiger charge is 2.31. The van der Waals surface area contributed by atoms with Gasteiger partial charge in [0.2, 0.25) is 5.91 Å². The number of amides is 1. The minimum Gasteiger partial charge on any atom is -0.406 e. The number of halogens is 4. The first-order valence-electron chi connectivity index (χ1n) is 6.64. The number of nitrogens with two attached hydrogens (primary N) is 1. The summed E-state index contributed by atoms with van der Waals surface area (Å²) in [7, 11) is 0. The second-order valence-corrected chi connectivity index (χ2v) is 4.77. The average molecular weight is 341 g/mol. The van der Waals surface area contributed by atoms with Crippen LogP contribution in [0.5, 0.6) is 5.75 Å². The third kappa shape index (κ3) is 8.74. The summed E-state index contributed by atoms with van der Waals surface area (Å²) in [6.07, 6.45) is -3.59. The minimum atomic E-state index is -4.73. The van der Waals surface area contributed by atoms with Crippen LogP contribution in [0.4, 0.5) is 13.2 Å². The van der Waals surface area contributed by atoms with Gasteiger partial charge in [0, 0.05) is 19.0 Å². The summed E-state index contributed by atoms with van der Waals surface area (Å²) in [6, 6.07) is 5.81. The Morgan fingerprint density at radius 3 is 2.59 bits per heavy atom. The topological polar surface area (TPSA) is 64.4 Å². The first kappa shape index (κ1) is 20.5. The summed E-state index contributed by atoms with van der Waals surface area (Å²) in [4.78, 5) is 11.5. The molecule has 1 rings (SSSR count). The number of hydrogen-bond acceptors (Lipinski definition) is 3. The van der Waals surface area contributed by atoms with Crippen molar-refractivity contribution in [3.63, 3.8) is 0 Å². The molecule has 1 aromatic rings. The fourth-order valence-electron chi connectivity index (χ4n) is 1.72. The van der Waals surface area contributed by atoms with Crippen molar-refractivity contribution in [2.75, 3.05) is 6.54 Å². The molecule has 0 aromatic heterocycles. The van der Waals surface area contributed by atoms with Crippen molar-refractivity contribution in [2.24, 2.45) is 5.73 Å². The Morgan fingerprint density at radius 1 is 1.36 bits per heavy atom. The molecule has 1 amide bonds. The van der Waals surface area contributed by atoms with Crippen LogP contribution in [0, 0.1) is 0 Å². The molecule has 0 spiro atoms. The summed E-state index contributed by atoms with van der Waals surface area (Å²) in [6.45, 7) is 2.05. The lowest BCUT2D eigenvalue weighted by molar-refractivity contribution is -0.274. The molecule has 1 atom stereocenters. The van der Waals surface area contributed by atoms with E-state index in [4.69, 9.17) is 5.73 Å². The first-order valence-corrected chi connectivity index (χ1v) is 6.64. The van der Waals surface area contributed by atoms with Crippen molar-refractivity contribution >= 4 is 18.3 Å². The highest BCUT2D eigenvalue weighted by atomic mass is 35.5. The molecule has 0 saturated heterocycles. The molecule has 8 heteroatoms. The van der Waals surface area contributed by atoms with Crippen LogP contribution in [0.25, 0.3) is 0 Å². The Kier molecular flexibility index (Phi) is 8.89. The van der Waals surface area contributed by atoms with Crippen LogP contribution in [0.2, 0.25) is 0 Å². The van der Waals surface area contributed by atoms with Gasteiger partial charge in [0.15, 0.2) is 0 Å². The maximum absolute atomic E-state index is 12.2. The number of nitrogens with one attached hydrogen (secondary N) is 1. The van der Waals surface area contributed by atoms with E-state index in [-0.39, 0.29) is 43.1 Å². The van der Waals surface area contributed by atoms with Gasteiger partial charge in [0.05, 0.1) is 0 Å². The van der Waals surface area contributed by atoms with E-state index in [9.17, 15) is 18.0 Å². The molecule has 0 aliphatic rings. The van der Waals surface area contributed by atoms with Crippen molar-refractivity contribution < 1.29 is 22.7 Å². The van der Waals surface area contributed by atoms with Crippen molar-refractivity contribution in [3.05, 3.63) is 29.8 Å². The number of para-hydroxylation sites is 1. The maximum atomic E-state index is 12.2. The van der Waals surface area contributed by atoms with Crippen LogP contribution >= 0.6 is 12.4 Å². The SMILES string of the molecule is CC(N)CCC(=O)NCCc1ccccc1OC(F)(F)F.Cl. The van der Waals surface area contributed by atoms with E-state index in [0.29, 0.717) is 18.4 Å². The third-order valence-electron chi connectivity index (χ3n) is 2.74. The van der Waals surface area contributed by atoms with E-state index in [2.05, 4.69) is 10.1 Å². The number of rotatable bonds is 7. The van der Waals surface area contributed by atoms with Gasteiger partial charge in [-0.3, -0.25) is 4.79 Å². The molecule has 1 aromatic carbocycles. The van der Waals surface area contributed by atoms with E-state index in [1.54, 1.807) is 13.0 Å².